The molecule has 0 aromatic heterocycles. The minimum atomic E-state index is 0.0173. The second-order valence-electron chi connectivity index (χ2n) is 6.92. The molecule has 3 heteroatoms. The van der Waals surface area contributed by atoms with Gasteiger partial charge < -0.3 is 9.64 Å². The van der Waals surface area contributed by atoms with Gasteiger partial charge in [-0.2, -0.15) is 0 Å². The molecule has 0 radical (unpaired) electrons. The number of fused-ring (bicyclic) bond motifs is 1. The van der Waals surface area contributed by atoms with Crippen LogP contribution in [0.5, 0.6) is 5.75 Å². The fourth-order valence-corrected chi connectivity index (χ4v) is 3.77. The minimum Gasteiger partial charge on any atom is -0.492 e. The van der Waals surface area contributed by atoms with E-state index in [0.29, 0.717) is 6.61 Å². The Hall–Kier alpha value is -1.35. The first-order valence-corrected chi connectivity index (χ1v) is 8.68. The van der Waals surface area contributed by atoms with Gasteiger partial charge in [0.1, 0.15) is 5.75 Å². The fourth-order valence-electron chi connectivity index (χ4n) is 3.77. The molecule has 1 aliphatic carbocycles. The molecule has 0 N–H and O–H groups in total. The third kappa shape index (κ3) is 3.70. The van der Waals surface area contributed by atoms with Gasteiger partial charge in [-0.15, -0.1) is 0 Å². The lowest BCUT2D eigenvalue weighted by molar-refractivity contribution is 0.0804. The van der Waals surface area contributed by atoms with Crippen molar-refractivity contribution in [2.45, 2.75) is 38.5 Å². The molecule has 1 aromatic carbocycles. The lowest BCUT2D eigenvalue weighted by atomic mass is 9.88. The predicted octanol–water partition coefficient (Wildman–Crippen LogP) is 3.78. The highest BCUT2D eigenvalue weighted by Gasteiger charge is 2.28. The van der Waals surface area contributed by atoms with Crippen LogP contribution in [0.1, 0.15) is 48.9 Å². The largest absolute Gasteiger partial charge is 0.492 e. The number of hydrogen-bond acceptors (Lipinski definition) is 3. The van der Waals surface area contributed by atoms with Gasteiger partial charge in [0.05, 0.1) is 18.1 Å². The molecule has 3 nitrogen and oxygen atoms in total. The Kier molecular flexibility index (Phi) is 5.14. The number of ether oxygens (including phenoxy) is 1. The Morgan fingerprint density at radius 2 is 1.95 bits per heavy atom. The van der Waals surface area contributed by atoms with Crippen molar-refractivity contribution in [3.8, 4) is 5.75 Å². The van der Waals surface area contributed by atoms with Gasteiger partial charge in [0.25, 0.3) is 0 Å². The van der Waals surface area contributed by atoms with Crippen LogP contribution in [0.2, 0.25) is 0 Å². The molecule has 1 atom stereocenters. The molecule has 1 aromatic rings. The normalized spacial score (nSPS) is 22.5. The summed E-state index contributed by atoms with van der Waals surface area (Å²) in [6.07, 6.45) is 7.85. The Labute approximate surface area is 133 Å². The monoisotopic (exact) mass is 301 g/mol. The van der Waals surface area contributed by atoms with Crippen molar-refractivity contribution in [1.29, 1.82) is 0 Å². The molecule has 1 saturated carbocycles. The van der Waals surface area contributed by atoms with Crippen LogP contribution in [-0.2, 0) is 0 Å². The number of rotatable bonds is 5. The van der Waals surface area contributed by atoms with Crippen molar-refractivity contribution < 1.29 is 9.53 Å². The Morgan fingerprint density at radius 3 is 2.77 bits per heavy atom. The molecule has 1 fully saturated rings. The lowest BCUT2D eigenvalue weighted by Gasteiger charge is -2.29. The van der Waals surface area contributed by atoms with E-state index >= 15 is 0 Å². The van der Waals surface area contributed by atoms with Gasteiger partial charge in [0.2, 0.25) is 0 Å². The summed E-state index contributed by atoms with van der Waals surface area (Å²) in [4.78, 5) is 14.9. The molecule has 0 bridgehead atoms. The van der Waals surface area contributed by atoms with Crippen molar-refractivity contribution >= 4 is 5.78 Å². The SMILES string of the molecule is CN(CCC1COc2ccccc2C1=O)CC1CCCCC1. The standard InChI is InChI=1S/C19H27NO2/c1-20(13-15-7-3-2-4-8-15)12-11-16-14-22-18-10-6-5-9-17(18)19(16)21/h5-6,9-10,15-16H,2-4,7-8,11-14H2,1H3. The summed E-state index contributed by atoms with van der Waals surface area (Å²) in [5.74, 6) is 1.88. The van der Waals surface area contributed by atoms with E-state index < -0.39 is 0 Å². The maximum absolute atomic E-state index is 12.5. The summed E-state index contributed by atoms with van der Waals surface area (Å²) in [5.41, 5.74) is 0.758. The maximum atomic E-state index is 12.5. The summed E-state index contributed by atoms with van der Waals surface area (Å²) in [5, 5.41) is 0. The number of para-hydroxylation sites is 1. The zero-order valence-electron chi connectivity index (χ0n) is 13.6. The van der Waals surface area contributed by atoms with E-state index in [-0.39, 0.29) is 11.7 Å². The number of nitrogens with zero attached hydrogens (tertiary/aromatic N) is 1. The lowest BCUT2D eigenvalue weighted by Crippen LogP contribution is -2.33. The van der Waals surface area contributed by atoms with Crippen LogP contribution in [0.4, 0.5) is 0 Å². The number of Topliss-reactive ketones (excluding diaryl/α,β-unsaturated/α-hetero) is 1. The summed E-state index contributed by atoms with van der Waals surface area (Å²) < 4.78 is 5.75. The maximum Gasteiger partial charge on any atom is 0.173 e. The average molecular weight is 301 g/mol. The van der Waals surface area contributed by atoms with Crippen LogP contribution in [0.3, 0.4) is 0 Å². The molecular weight excluding hydrogens is 274 g/mol. The van der Waals surface area contributed by atoms with Crippen molar-refractivity contribution in [3.05, 3.63) is 29.8 Å². The van der Waals surface area contributed by atoms with Crippen molar-refractivity contribution in [2.75, 3.05) is 26.7 Å². The molecular formula is C19H27NO2. The van der Waals surface area contributed by atoms with E-state index in [1.165, 1.54) is 38.6 Å². The van der Waals surface area contributed by atoms with Gasteiger partial charge in [0, 0.05) is 6.54 Å². The van der Waals surface area contributed by atoms with E-state index in [1.807, 2.05) is 24.3 Å². The molecule has 3 rings (SSSR count). The van der Waals surface area contributed by atoms with Crippen LogP contribution in [0, 0.1) is 11.8 Å². The van der Waals surface area contributed by atoms with Crippen LogP contribution >= 0.6 is 0 Å². The van der Waals surface area contributed by atoms with Crippen LogP contribution < -0.4 is 4.74 Å². The molecule has 1 unspecified atom stereocenters. The quantitative estimate of drug-likeness (QED) is 0.829. The summed E-state index contributed by atoms with van der Waals surface area (Å²) in [6, 6.07) is 7.61. The number of ketones is 1. The zero-order chi connectivity index (χ0) is 15.4. The molecule has 0 amide bonds. The van der Waals surface area contributed by atoms with E-state index in [9.17, 15) is 4.79 Å². The first kappa shape index (κ1) is 15.5. The van der Waals surface area contributed by atoms with Gasteiger partial charge in [0.15, 0.2) is 5.78 Å². The van der Waals surface area contributed by atoms with E-state index in [1.54, 1.807) is 0 Å². The average Bonchev–Trinajstić information content (AvgIpc) is 2.55. The Balaban J connectivity index is 1.48. The van der Waals surface area contributed by atoms with Crippen molar-refractivity contribution in [1.82, 2.24) is 4.90 Å². The second kappa shape index (κ2) is 7.28. The second-order valence-corrected chi connectivity index (χ2v) is 6.92. The van der Waals surface area contributed by atoms with Gasteiger partial charge in [-0.05, 0) is 50.9 Å². The summed E-state index contributed by atoms with van der Waals surface area (Å²) >= 11 is 0. The Morgan fingerprint density at radius 1 is 1.18 bits per heavy atom. The topological polar surface area (TPSA) is 29.5 Å². The van der Waals surface area contributed by atoms with Crippen LogP contribution in [0.15, 0.2) is 24.3 Å². The number of hydrogen-bond donors (Lipinski definition) is 0. The van der Waals surface area contributed by atoms with Gasteiger partial charge in [-0.25, -0.2) is 0 Å². The first-order valence-electron chi connectivity index (χ1n) is 8.68. The van der Waals surface area contributed by atoms with Gasteiger partial charge >= 0.3 is 0 Å². The van der Waals surface area contributed by atoms with Crippen molar-refractivity contribution in [2.24, 2.45) is 11.8 Å². The van der Waals surface area contributed by atoms with E-state index in [0.717, 1.165) is 30.2 Å². The highest BCUT2D eigenvalue weighted by Crippen LogP contribution is 2.29. The molecule has 0 spiro atoms. The third-order valence-electron chi connectivity index (χ3n) is 5.12. The van der Waals surface area contributed by atoms with Gasteiger partial charge in [-0.1, -0.05) is 31.4 Å². The Bertz CT molecular complexity index is 508. The van der Waals surface area contributed by atoms with Crippen LogP contribution in [-0.4, -0.2) is 37.4 Å². The molecule has 0 saturated heterocycles. The summed E-state index contributed by atoms with van der Waals surface area (Å²) in [6.45, 7) is 2.70. The van der Waals surface area contributed by atoms with Crippen LogP contribution in [0.25, 0.3) is 0 Å². The molecule has 120 valence electrons. The van der Waals surface area contributed by atoms with Gasteiger partial charge in [-0.3, -0.25) is 4.79 Å². The van der Waals surface area contributed by atoms with Crippen molar-refractivity contribution in [3.63, 3.8) is 0 Å². The third-order valence-corrected chi connectivity index (χ3v) is 5.12. The first-order chi connectivity index (χ1) is 10.7. The zero-order valence-corrected chi connectivity index (χ0v) is 13.6. The molecule has 1 heterocycles. The molecule has 1 aliphatic heterocycles. The summed E-state index contributed by atoms with van der Waals surface area (Å²) in [7, 11) is 2.19. The smallest absolute Gasteiger partial charge is 0.173 e. The fraction of sp³-hybridized carbons (Fsp3) is 0.632. The molecule has 2 aliphatic rings. The molecule has 22 heavy (non-hydrogen) atoms. The number of carbonyl (C=O) groups is 1. The number of benzene rings is 1. The number of carbonyl (C=O) groups excluding carboxylic acids is 1. The highest BCUT2D eigenvalue weighted by molar-refractivity contribution is 6.01. The van der Waals surface area contributed by atoms with E-state index in [2.05, 4.69) is 11.9 Å². The van der Waals surface area contributed by atoms with E-state index in [4.69, 9.17) is 4.74 Å². The predicted molar refractivity (Wildman–Crippen MR) is 88.4 cm³/mol. The highest BCUT2D eigenvalue weighted by atomic mass is 16.5. The minimum absolute atomic E-state index is 0.0173.